The Balaban J connectivity index is 0.000000118. The van der Waals surface area contributed by atoms with E-state index in [0.717, 1.165) is 66.0 Å². The third-order valence-corrected chi connectivity index (χ3v) is 18.5. The van der Waals surface area contributed by atoms with Crippen LogP contribution < -0.4 is 66.0 Å². The van der Waals surface area contributed by atoms with Crippen molar-refractivity contribution >= 4 is 97.7 Å². The Bertz CT molecular complexity index is 2180. The molecule has 12 nitrogen and oxygen atoms in total. The molecule has 0 aliphatic heterocycles. The van der Waals surface area contributed by atoms with Gasteiger partial charge in [0, 0.05) is 93.2 Å². The van der Waals surface area contributed by atoms with Crippen LogP contribution in [0.1, 0.15) is 0 Å². The summed E-state index contributed by atoms with van der Waals surface area (Å²) in [5, 5.41) is 0. The van der Waals surface area contributed by atoms with E-state index in [4.69, 9.17) is 53.0 Å². The minimum Gasteiger partial charge on any atom is -0.434 e. The molecule has 0 fully saturated rings. The average Bonchev–Trinajstić information content (AvgIpc) is 4.17. The molecule has 12 heterocycles. The van der Waals surface area contributed by atoms with Gasteiger partial charge in [0.2, 0.25) is 31.7 Å². The van der Waals surface area contributed by atoms with E-state index in [2.05, 4.69) is 0 Å². The molecule has 0 aromatic carbocycles. The van der Waals surface area contributed by atoms with Gasteiger partial charge >= 0.3 is 0 Å². The largest absolute Gasteiger partial charge is 0.434 e. The molecule has 0 saturated carbocycles. The van der Waals surface area contributed by atoms with Gasteiger partial charge in [0.25, 0.3) is 66.0 Å². The number of furan rings is 12. The van der Waals surface area contributed by atoms with Crippen LogP contribution in [-0.4, -0.2) is 0 Å². The maximum Gasteiger partial charge on any atom is 0.260 e. The van der Waals surface area contributed by atoms with Gasteiger partial charge in [-0.3, -0.25) is 0 Å². The van der Waals surface area contributed by atoms with Crippen LogP contribution in [0, 0.1) is 0 Å². The van der Waals surface area contributed by atoms with E-state index in [9.17, 15) is 0 Å². The molecule has 12 aromatic rings. The van der Waals surface area contributed by atoms with Crippen molar-refractivity contribution in [3.05, 3.63) is 221 Å². The maximum absolute atomic E-state index is 5.47. The van der Waals surface area contributed by atoms with E-state index in [-0.39, 0.29) is 20.4 Å². The van der Waals surface area contributed by atoms with Gasteiger partial charge in [-0.15, -0.1) is 0 Å². The van der Waals surface area contributed by atoms with Crippen LogP contribution in [0.5, 0.6) is 0 Å². The topological polar surface area (TPSA) is 158 Å². The maximum atomic E-state index is 5.47. The van der Waals surface area contributed by atoms with Crippen LogP contribution in [0.2, 0.25) is 0 Å². The molecule has 0 bridgehead atoms. The van der Waals surface area contributed by atoms with Gasteiger partial charge in [-0.25, -0.2) is 0 Å². The van der Waals surface area contributed by atoms with Crippen LogP contribution in [0.4, 0.5) is 0 Å². The van der Waals surface area contributed by atoms with Crippen molar-refractivity contribution in [2.75, 3.05) is 0 Å². The first-order chi connectivity index (χ1) is 31.8. The molecular weight excluding hydrogens is 999 g/mol. The number of rotatable bonds is 12. The molecule has 0 atom stereocenters. The summed E-state index contributed by atoms with van der Waals surface area (Å²) in [6.07, 6.45) is 20.1. The van der Waals surface area contributed by atoms with Gasteiger partial charge < -0.3 is 53.0 Å². The van der Waals surface area contributed by atoms with Gasteiger partial charge in [-0.1, -0.05) is 0 Å². The van der Waals surface area contributed by atoms with E-state index in [1.54, 1.807) is 75.2 Å². The van der Waals surface area contributed by atoms with E-state index in [1.165, 1.54) is 0 Å². The summed E-state index contributed by atoms with van der Waals surface area (Å²) in [6.45, 7) is 0. The third-order valence-electron chi connectivity index (χ3n) is 9.21. The molecule has 330 valence electrons. The van der Waals surface area contributed by atoms with Gasteiger partial charge in [-0.2, -0.15) is 0 Å². The van der Waals surface area contributed by atoms with E-state index < -0.39 is 31.7 Å². The normalized spacial score (nSPS) is 10.9. The molecule has 0 amide bonds. The fourth-order valence-electron chi connectivity index (χ4n) is 6.51. The molecular formula is C48H40O12P4Pd+4. The van der Waals surface area contributed by atoms with Crippen LogP contribution in [0.25, 0.3) is 0 Å². The summed E-state index contributed by atoms with van der Waals surface area (Å²) in [7, 11) is -4.99. The number of hydrogen-bond donors (Lipinski definition) is 0. The van der Waals surface area contributed by atoms with Gasteiger partial charge in [0.15, 0.2) is 0 Å². The summed E-state index contributed by atoms with van der Waals surface area (Å²) < 4.78 is 65.6. The summed E-state index contributed by atoms with van der Waals surface area (Å²) >= 11 is 0. The smallest absolute Gasteiger partial charge is 0.260 e. The van der Waals surface area contributed by atoms with Gasteiger partial charge in [0.1, 0.15) is 0 Å². The Hall–Kier alpha value is -6.26. The van der Waals surface area contributed by atoms with Crippen LogP contribution in [0.15, 0.2) is 274 Å². The van der Waals surface area contributed by atoms with Crippen molar-refractivity contribution in [2.45, 2.75) is 0 Å². The minimum absolute atomic E-state index is 0. The van der Waals surface area contributed by atoms with Gasteiger partial charge in [0.05, 0.1) is 75.2 Å². The van der Waals surface area contributed by atoms with Crippen LogP contribution in [0.3, 0.4) is 0 Å². The quantitative estimate of drug-likeness (QED) is 0.0865. The molecule has 65 heavy (non-hydrogen) atoms. The van der Waals surface area contributed by atoms with Crippen molar-refractivity contribution in [2.24, 2.45) is 0 Å². The van der Waals surface area contributed by atoms with Gasteiger partial charge in [-0.05, 0) is 72.8 Å². The SMILES string of the molecule is [Pd].c1coc([PH+](c2ccco2)c2ccco2)c1.c1coc([PH+](c2ccco2)c2ccco2)c1.c1coc([PH+](c2ccco2)c2ccco2)c1.c1coc([PH+](c2ccco2)c2ccco2)c1. The standard InChI is InChI=1S/4C12H9O3P.Pd/c4*1-4-10(13-7-1)16(11-5-2-8-14-11)12-6-3-9-15-12;/h4*1-9H;/p+4. The summed E-state index contributed by atoms with van der Waals surface area (Å²) in [6, 6.07) is 46.1. The molecule has 0 aliphatic carbocycles. The minimum atomic E-state index is -1.25. The summed E-state index contributed by atoms with van der Waals surface area (Å²) in [4.78, 5) is 0. The zero-order chi connectivity index (χ0) is 43.2. The first-order valence-corrected chi connectivity index (χ1v) is 25.7. The fourth-order valence-corrected chi connectivity index (χ4v) is 14.8. The molecule has 0 spiro atoms. The predicted octanol–water partition coefficient (Wildman–Crippen LogP) is 7.82. The number of hydrogen-bond acceptors (Lipinski definition) is 12. The van der Waals surface area contributed by atoms with E-state index in [1.807, 2.05) is 146 Å². The monoisotopic (exact) mass is 1040 g/mol. The predicted molar refractivity (Wildman–Crippen MR) is 253 cm³/mol. The Morgan fingerprint density at radius 2 is 0.262 bits per heavy atom. The van der Waals surface area contributed by atoms with E-state index >= 15 is 0 Å². The van der Waals surface area contributed by atoms with Crippen LogP contribution >= 0.6 is 31.7 Å². The molecule has 0 saturated heterocycles. The molecule has 0 radical (unpaired) electrons. The fraction of sp³-hybridized carbons (Fsp3) is 0. The summed E-state index contributed by atoms with van der Waals surface area (Å²) in [5.41, 5.74) is 10.9. The van der Waals surface area contributed by atoms with E-state index in [0.29, 0.717) is 0 Å². The second-order valence-electron chi connectivity index (χ2n) is 13.2. The van der Waals surface area contributed by atoms with Crippen molar-refractivity contribution in [3.63, 3.8) is 0 Å². The second-order valence-corrected chi connectivity index (χ2v) is 22.1. The Morgan fingerprint density at radius 3 is 0.323 bits per heavy atom. The average molecular weight is 1040 g/mol. The van der Waals surface area contributed by atoms with Crippen molar-refractivity contribution < 1.29 is 73.4 Å². The zero-order valence-electron chi connectivity index (χ0n) is 34.0. The second kappa shape index (κ2) is 23.1. The molecule has 17 heteroatoms. The Morgan fingerprint density at radius 1 is 0.169 bits per heavy atom. The van der Waals surface area contributed by atoms with Crippen LogP contribution in [-0.2, 0) is 20.4 Å². The molecule has 12 rings (SSSR count). The van der Waals surface area contributed by atoms with Crippen molar-refractivity contribution in [1.29, 1.82) is 0 Å². The zero-order valence-corrected chi connectivity index (χ0v) is 39.6. The Labute approximate surface area is 389 Å². The first kappa shape index (κ1) is 45.3. The summed E-state index contributed by atoms with van der Waals surface area (Å²) in [5.74, 6) is 0. The molecule has 0 N–H and O–H groups in total. The third kappa shape index (κ3) is 11.3. The Kier molecular flexibility index (Phi) is 16.1. The molecule has 0 unspecified atom stereocenters. The van der Waals surface area contributed by atoms with Crippen molar-refractivity contribution in [3.8, 4) is 0 Å². The van der Waals surface area contributed by atoms with Crippen molar-refractivity contribution in [1.82, 2.24) is 0 Å². The molecule has 0 aliphatic rings. The first-order valence-electron chi connectivity index (χ1n) is 19.7. The molecule has 12 aromatic heterocycles.